The summed E-state index contributed by atoms with van der Waals surface area (Å²) in [5, 5.41) is 3.58. The third-order valence-corrected chi connectivity index (χ3v) is 4.17. The van der Waals surface area contributed by atoms with Crippen LogP contribution < -0.4 is 14.8 Å². The Morgan fingerprint density at radius 2 is 1.89 bits per heavy atom. The van der Waals surface area contributed by atoms with E-state index in [1.165, 1.54) is 31.2 Å². The van der Waals surface area contributed by atoms with Crippen LogP contribution in [0.15, 0.2) is 18.2 Å². The van der Waals surface area contributed by atoms with Crippen molar-refractivity contribution in [3.05, 3.63) is 23.8 Å². The van der Waals surface area contributed by atoms with E-state index in [-0.39, 0.29) is 0 Å². The van der Waals surface area contributed by atoms with Gasteiger partial charge in [-0.15, -0.1) is 0 Å². The van der Waals surface area contributed by atoms with Crippen LogP contribution in [-0.2, 0) is 6.54 Å². The van der Waals surface area contributed by atoms with Crippen molar-refractivity contribution in [1.29, 1.82) is 0 Å². The van der Waals surface area contributed by atoms with Gasteiger partial charge in [0.2, 0.25) is 0 Å². The molecule has 0 spiro atoms. The van der Waals surface area contributed by atoms with E-state index in [2.05, 4.69) is 18.3 Å². The summed E-state index contributed by atoms with van der Waals surface area (Å²) in [4.78, 5) is 0. The lowest BCUT2D eigenvalue weighted by Crippen LogP contribution is -2.29. The molecule has 1 aromatic carbocycles. The van der Waals surface area contributed by atoms with Gasteiger partial charge in [0.25, 0.3) is 0 Å². The summed E-state index contributed by atoms with van der Waals surface area (Å²) in [6, 6.07) is 5.99. The molecule has 0 aromatic heterocycles. The number of rotatable bonds is 6. The summed E-state index contributed by atoms with van der Waals surface area (Å²) < 4.78 is 10.6. The minimum atomic E-state index is 0.486. The molecule has 3 heteroatoms. The van der Waals surface area contributed by atoms with Gasteiger partial charge in [-0.25, -0.2) is 0 Å². The van der Waals surface area contributed by atoms with Gasteiger partial charge >= 0.3 is 0 Å². The Morgan fingerprint density at radius 1 is 1.16 bits per heavy atom. The second-order valence-corrected chi connectivity index (χ2v) is 5.80. The van der Waals surface area contributed by atoms with Gasteiger partial charge in [-0.2, -0.15) is 0 Å². The third kappa shape index (κ3) is 3.63. The topological polar surface area (TPSA) is 30.5 Å². The summed E-state index contributed by atoms with van der Waals surface area (Å²) >= 11 is 0. The highest BCUT2D eigenvalue weighted by Gasteiger charge is 2.27. The fourth-order valence-corrected chi connectivity index (χ4v) is 2.90. The van der Waals surface area contributed by atoms with E-state index < -0.39 is 0 Å². The maximum Gasteiger partial charge on any atom is 0.127 e. The highest BCUT2D eigenvalue weighted by Crippen LogP contribution is 2.36. The summed E-state index contributed by atoms with van der Waals surface area (Å²) in [6.45, 7) is 4.32. The van der Waals surface area contributed by atoms with Crippen molar-refractivity contribution < 1.29 is 9.47 Å². The maximum absolute atomic E-state index is 5.42. The molecule has 106 valence electrons. The molecule has 1 N–H and O–H groups in total. The zero-order valence-electron chi connectivity index (χ0n) is 12.3. The van der Waals surface area contributed by atoms with Crippen molar-refractivity contribution in [3.8, 4) is 11.5 Å². The summed E-state index contributed by atoms with van der Waals surface area (Å²) in [5.74, 6) is 1.73. The molecule has 0 amide bonds. The van der Waals surface area contributed by atoms with Gasteiger partial charge in [0.1, 0.15) is 11.5 Å². The normalized spacial score (nSPS) is 17.4. The highest BCUT2D eigenvalue weighted by atomic mass is 16.5. The van der Waals surface area contributed by atoms with E-state index in [0.29, 0.717) is 5.41 Å². The first-order chi connectivity index (χ1) is 9.17. The summed E-state index contributed by atoms with van der Waals surface area (Å²) in [5.41, 5.74) is 1.67. The number of hydrogen-bond acceptors (Lipinski definition) is 3. The Labute approximate surface area is 116 Å². The second kappa shape index (κ2) is 6.29. The molecule has 19 heavy (non-hydrogen) atoms. The lowest BCUT2D eigenvalue weighted by Gasteiger charge is -2.24. The van der Waals surface area contributed by atoms with E-state index in [9.17, 15) is 0 Å². The van der Waals surface area contributed by atoms with Crippen LogP contribution in [0, 0.1) is 5.41 Å². The van der Waals surface area contributed by atoms with Crippen LogP contribution in [0.5, 0.6) is 11.5 Å². The van der Waals surface area contributed by atoms with E-state index in [4.69, 9.17) is 9.47 Å². The molecule has 0 saturated heterocycles. The molecule has 0 heterocycles. The second-order valence-electron chi connectivity index (χ2n) is 5.80. The number of hydrogen-bond donors (Lipinski definition) is 1. The number of ether oxygens (including phenoxy) is 2. The summed E-state index contributed by atoms with van der Waals surface area (Å²) in [7, 11) is 3.38. The molecule has 0 aliphatic heterocycles. The van der Waals surface area contributed by atoms with Crippen LogP contribution in [0.3, 0.4) is 0 Å². The molecular formula is C16H25NO2. The molecule has 0 atom stereocenters. The Hall–Kier alpha value is -1.22. The molecule has 1 aromatic rings. The fourth-order valence-electron chi connectivity index (χ4n) is 2.90. The highest BCUT2D eigenvalue weighted by molar-refractivity contribution is 5.40. The van der Waals surface area contributed by atoms with E-state index in [1.807, 2.05) is 12.1 Å². The van der Waals surface area contributed by atoms with Crippen molar-refractivity contribution in [2.45, 2.75) is 39.2 Å². The van der Waals surface area contributed by atoms with Crippen molar-refractivity contribution in [2.75, 3.05) is 20.8 Å². The molecule has 1 aliphatic carbocycles. The molecule has 3 nitrogen and oxygen atoms in total. The van der Waals surface area contributed by atoms with E-state index in [0.717, 1.165) is 24.6 Å². The fraction of sp³-hybridized carbons (Fsp3) is 0.625. The first kappa shape index (κ1) is 14.2. The smallest absolute Gasteiger partial charge is 0.127 e. The van der Waals surface area contributed by atoms with Gasteiger partial charge < -0.3 is 14.8 Å². The van der Waals surface area contributed by atoms with Crippen molar-refractivity contribution >= 4 is 0 Å². The van der Waals surface area contributed by atoms with Crippen LogP contribution in [0.4, 0.5) is 0 Å². The number of methoxy groups -OCH3 is 2. The quantitative estimate of drug-likeness (QED) is 0.853. The first-order valence-electron chi connectivity index (χ1n) is 7.08. The molecule has 1 fully saturated rings. The van der Waals surface area contributed by atoms with Crippen molar-refractivity contribution in [3.63, 3.8) is 0 Å². The number of benzene rings is 1. The monoisotopic (exact) mass is 263 g/mol. The SMILES string of the molecule is COc1ccc(CNCC2(C)CCCC2)c(OC)c1. The zero-order chi connectivity index (χ0) is 13.7. The van der Waals surface area contributed by atoms with Crippen LogP contribution >= 0.6 is 0 Å². The first-order valence-corrected chi connectivity index (χ1v) is 7.08. The molecule has 0 bridgehead atoms. The zero-order valence-corrected chi connectivity index (χ0v) is 12.3. The Balaban J connectivity index is 1.91. The molecule has 0 unspecified atom stereocenters. The molecule has 0 radical (unpaired) electrons. The van der Waals surface area contributed by atoms with Gasteiger partial charge in [0.15, 0.2) is 0 Å². The van der Waals surface area contributed by atoms with Crippen LogP contribution in [0.2, 0.25) is 0 Å². The standard InChI is InChI=1S/C16H25NO2/c1-16(8-4-5-9-16)12-17-11-13-6-7-14(18-2)10-15(13)19-3/h6-7,10,17H,4-5,8-9,11-12H2,1-3H3. The third-order valence-electron chi connectivity index (χ3n) is 4.17. The largest absolute Gasteiger partial charge is 0.497 e. The average molecular weight is 263 g/mol. The van der Waals surface area contributed by atoms with Gasteiger partial charge in [-0.3, -0.25) is 0 Å². The minimum absolute atomic E-state index is 0.486. The molecule has 2 rings (SSSR count). The predicted octanol–water partition coefficient (Wildman–Crippen LogP) is 3.37. The van der Waals surface area contributed by atoms with Gasteiger partial charge in [0.05, 0.1) is 14.2 Å². The van der Waals surface area contributed by atoms with Gasteiger partial charge in [0, 0.05) is 24.7 Å². The predicted molar refractivity (Wildman–Crippen MR) is 77.8 cm³/mol. The Morgan fingerprint density at radius 3 is 2.53 bits per heavy atom. The van der Waals surface area contributed by atoms with Gasteiger partial charge in [-0.1, -0.05) is 25.8 Å². The minimum Gasteiger partial charge on any atom is -0.497 e. The Kier molecular flexibility index (Phi) is 4.70. The van der Waals surface area contributed by atoms with E-state index >= 15 is 0 Å². The molecular weight excluding hydrogens is 238 g/mol. The van der Waals surface area contributed by atoms with Crippen LogP contribution in [-0.4, -0.2) is 20.8 Å². The summed E-state index contributed by atoms with van der Waals surface area (Å²) in [6.07, 6.45) is 5.45. The lowest BCUT2D eigenvalue weighted by molar-refractivity contribution is 0.313. The van der Waals surface area contributed by atoms with Crippen molar-refractivity contribution in [2.24, 2.45) is 5.41 Å². The maximum atomic E-state index is 5.42. The lowest BCUT2D eigenvalue weighted by atomic mass is 9.89. The van der Waals surface area contributed by atoms with Crippen molar-refractivity contribution in [1.82, 2.24) is 5.32 Å². The van der Waals surface area contributed by atoms with Crippen LogP contribution in [0.1, 0.15) is 38.2 Å². The average Bonchev–Trinajstić information content (AvgIpc) is 2.86. The van der Waals surface area contributed by atoms with Gasteiger partial charge in [-0.05, 0) is 24.3 Å². The number of nitrogens with one attached hydrogen (secondary N) is 1. The Bertz CT molecular complexity index is 411. The molecule has 1 aliphatic rings. The van der Waals surface area contributed by atoms with E-state index in [1.54, 1.807) is 14.2 Å². The molecule has 1 saturated carbocycles. The van der Waals surface area contributed by atoms with Crippen LogP contribution in [0.25, 0.3) is 0 Å².